The van der Waals surface area contributed by atoms with Gasteiger partial charge in [-0.3, -0.25) is 0 Å². The van der Waals surface area contributed by atoms with Gasteiger partial charge in [-0.05, 0) is 49.8 Å². The third-order valence-corrected chi connectivity index (χ3v) is 4.43. The average Bonchev–Trinajstić information content (AvgIpc) is 2.65. The summed E-state index contributed by atoms with van der Waals surface area (Å²) in [5.74, 6) is 2.54. The van der Waals surface area contributed by atoms with Crippen LogP contribution in [0.15, 0.2) is 12.1 Å². The minimum absolute atomic E-state index is 0.638. The van der Waals surface area contributed by atoms with Crippen LogP contribution in [-0.2, 0) is 6.54 Å². The van der Waals surface area contributed by atoms with Crippen molar-refractivity contribution in [3.63, 3.8) is 0 Å². The van der Waals surface area contributed by atoms with E-state index in [1.807, 2.05) is 6.07 Å². The lowest BCUT2D eigenvalue weighted by Crippen LogP contribution is -2.26. The monoisotopic (exact) mass is 309 g/mol. The number of nitrogens with zero attached hydrogens (tertiary/aromatic N) is 2. The minimum atomic E-state index is 0.638. The zero-order valence-electron chi connectivity index (χ0n) is 13.5. The number of pyridine rings is 1. The van der Waals surface area contributed by atoms with Gasteiger partial charge in [0.05, 0.1) is 10.7 Å². The average molecular weight is 310 g/mol. The number of nitrogens with one attached hydrogen (secondary N) is 1. The molecule has 3 nitrogen and oxygen atoms in total. The second-order valence-electron chi connectivity index (χ2n) is 6.65. The molecular formula is C17H28ClN3. The molecule has 0 aromatic carbocycles. The van der Waals surface area contributed by atoms with Gasteiger partial charge < -0.3 is 10.2 Å². The van der Waals surface area contributed by atoms with Crippen LogP contribution >= 0.6 is 11.6 Å². The Kier molecular flexibility index (Phi) is 6.31. The molecule has 2 rings (SSSR count). The van der Waals surface area contributed by atoms with Gasteiger partial charge in [-0.15, -0.1) is 0 Å². The molecule has 21 heavy (non-hydrogen) atoms. The van der Waals surface area contributed by atoms with Crippen LogP contribution in [0, 0.1) is 11.8 Å². The van der Waals surface area contributed by atoms with Gasteiger partial charge >= 0.3 is 0 Å². The first kappa shape index (κ1) is 16.6. The van der Waals surface area contributed by atoms with Crippen molar-refractivity contribution in [3.05, 3.63) is 22.8 Å². The number of rotatable bonds is 5. The van der Waals surface area contributed by atoms with Crippen LogP contribution in [-0.4, -0.2) is 24.6 Å². The first-order valence-electron chi connectivity index (χ1n) is 8.17. The van der Waals surface area contributed by atoms with Gasteiger partial charge in [0.25, 0.3) is 0 Å². The fraction of sp³-hybridized carbons (Fsp3) is 0.706. The van der Waals surface area contributed by atoms with E-state index >= 15 is 0 Å². The molecule has 0 bridgehead atoms. The Morgan fingerprint density at radius 1 is 1.33 bits per heavy atom. The molecule has 1 atom stereocenters. The van der Waals surface area contributed by atoms with Crippen molar-refractivity contribution in [1.29, 1.82) is 0 Å². The molecule has 1 aliphatic rings. The van der Waals surface area contributed by atoms with Crippen molar-refractivity contribution >= 4 is 17.4 Å². The van der Waals surface area contributed by atoms with E-state index in [9.17, 15) is 0 Å². The molecule has 1 saturated heterocycles. The Balaban J connectivity index is 2.03. The van der Waals surface area contributed by atoms with Crippen molar-refractivity contribution in [2.75, 3.05) is 24.5 Å². The molecule has 0 aliphatic carbocycles. The molecule has 1 aromatic heterocycles. The lowest BCUT2D eigenvalue weighted by atomic mass is 10.0. The Bertz CT molecular complexity index is 448. The summed E-state index contributed by atoms with van der Waals surface area (Å²) < 4.78 is 0. The normalized spacial score (nSPS) is 19.9. The van der Waals surface area contributed by atoms with E-state index in [0.717, 1.165) is 48.6 Å². The van der Waals surface area contributed by atoms with E-state index in [0.29, 0.717) is 5.92 Å². The molecular weight excluding hydrogens is 282 g/mol. The molecule has 1 N–H and O–H groups in total. The summed E-state index contributed by atoms with van der Waals surface area (Å²) in [5.41, 5.74) is 0.965. The van der Waals surface area contributed by atoms with Crippen molar-refractivity contribution < 1.29 is 0 Å². The van der Waals surface area contributed by atoms with Gasteiger partial charge in [-0.25, -0.2) is 4.98 Å². The van der Waals surface area contributed by atoms with E-state index in [1.54, 1.807) is 0 Å². The van der Waals surface area contributed by atoms with Gasteiger partial charge in [0.2, 0.25) is 0 Å². The summed E-state index contributed by atoms with van der Waals surface area (Å²) in [4.78, 5) is 7.20. The van der Waals surface area contributed by atoms with E-state index in [1.165, 1.54) is 19.3 Å². The summed E-state index contributed by atoms with van der Waals surface area (Å²) in [6.07, 6.45) is 3.84. The minimum Gasteiger partial charge on any atom is -0.357 e. The molecule has 2 heterocycles. The highest BCUT2D eigenvalue weighted by atomic mass is 35.5. The van der Waals surface area contributed by atoms with E-state index in [4.69, 9.17) is 16.6 Å². The predicted octanol–water partition coefficient (Wildman–Crippen LogP) is 4.11. The zero-order valence-corrected chi connectivity index (χ0v) is 14.3. The second kappa shape index (κ2) is 8.00. The summed E-state index contributed by atoms with van der Waals surface area (Å²) in [6.45, 7) is 10.7. The topological polar surface area (TPSA) is 28.2 Å². The smallest absolute Gasteiger partial charge is 0.128 e. The van der Waals surface area contributed by atoms with Crippen LogP contribution in [0.1, 0.15) is 45.7 Å². The van der Waals surface area contributed by atoms with Gasteiger partial charge in [-0.2, -0.15) is 0 Å². The quantitative estimate of drug-likeness (QED) is 0.887. The molecule has 4 heteroatoms. The standard InChI is InChI=1S/C17H28ClN3/c1-13(2)11-19-12-16-15(18)6-7-17(20-16)21-9-4-5-14(3)8-10-21/h6-7,13-14,19H,4-5,8-12H2,1-3H3. The first-order valence-corrected chi connectivity index (χ1v) is 8.55. The fourth-order valence-electron chi connectivity index (χ4n) is 2.74. The predicted molar refractivity (Wildman–Crippen MR) is 91.0 cm³/mol. The van der Waals surface area contributed by atoms with Crippen molar-refractivity contribution in [1.82, 2.24) is 10.3 Å². The molecule has 0 spiro atoms. The molecule has 118 valence electrons. The lowest BCUT2D eigenvalue weighted by molar-refractivity contribution is 0.521. The largest absolute Gasteiger partial charge is 0.357 e. The van der Waals surface area contributed by atoms with Crippen LogP contribution in [0.5, 0.6) is 0 Å². The molecule has 0 radical (unpaired) electrons. The third-order valence-electron chi connectivity index (χ3n) is 4.09. The number of hydrogen-bond donors (Lipinski definition) is 1. The van der Waals surface area contributed by atoms with Crippen LogP contribution in [0.3, 0.4) is 0 Å². The fourth-order valence-corrected chi connectivity index (χ4v) is 2.92. The summed E-state index contributed by atoms with van der Waals surface area (Å²) in [5, 5.41) is 4.19. The van der Waals surface area contributed by atoms with Gasteiger partial charge in [-0.1, -0.05) is 32.4 Å². The van der Waals surface area contributed by atoms with Crippen LogP contribution in [0.4, 0.5) is 5.82 Å². The summed E-state index contributed by atoms with van der Waals surface area (Å²) in [7, 11) is 0. The number of halogens is 1. The highest BCUT2D eigenvalue weighted by molar-refractivity contribution is 6.31. The van der Waals surface area contributed by atoms with Crippen molar-refractivity contribution in [2.24, 2.45) is 11.8 Å². The Morgan fingerprint density at radius 2 is 2.14 bits per heavy atom. The summed E-state index contributed by atoms with van der Waals surface area (Å²) >= 11 is 6.28. The molecule has 1 unspecified atom stereocenters. The van der Waals surface area contributed by atoms with Crippen LogP contribution in [0.25, 0.3) is 0 Å². The maximum Gasteiger partial charge on any atom is 0.128 e. The Hall–Kier alpha value is -0.800. The van der Waals surface area contributed by atoms with Gasteiger partial charge in [0.15, 0.2) is 0 Å². The van der Waals surface area contributed by atoms with E-state index in [2.05, 4.69) is 37.1 Å². The highest BCUT2D eigenvalue weighted by Crippen LogP contribution is 2.23. The third kappa shape index (κ3) is 5.15. The Labute approximate surface area is 134 Å². The van der Waals surface area contributed by atoms with Crippen molar-refractivity contribution in [2.45, 2.75) is 46.6 Å². The molecule has 1 aliphatic heterocycles. The van der Waals surface area contributed by atoms with Gasteiger partial charge in [0.1, 0.15) is 5.82 Å². The molecule has 1 aromatic rings. The van der Waals surface area contributed by atoms with E-state index < -0.39 is 0 Å². The molecule has 1 fully saturated rings. The Morgan fingerprint density at radius 3 is 2.90 bits per heavy atom. The lowest BCUT2D eigenvalue weighted by Gasteiger charge is -2.22. The second-order valence-corrected chi connectivity index (χ2v) is 7.05. The number of aromatic nitrogens is 1. The number of anilines is 1. The van der Waals surface area contributed by atoms with Gasteiger partial charge in [0, 0.05) is 19.6 Å². The molecule has 0 saturated carbocycles. The maximum absolute atomic E-state index is 6.28. The van der Waals surface area contributed by atoms with Crippen LogP contribution in [0.2, 0.25) is 5.02 Å². The SMILES string of the molecule is CC(C)CNCc1nc(N2CCCC(C)CC2)ccc1Cl. The molecule has 0 amide bonds. The van der Waals surface area contributed by atoms with E-state index in [-0.39, 0.29) is 0 Å². The first-order chi connectivity index (χ1) is 10.1. The zero-order chi connectivity index (χ0) is 15.2. The maximum atomic E-state index is 6.28. The van der Waals surface area contributed by atoms with Crippen molar-refractivity contribution in [3.8, 4) is 0 Å². The highest BCUT2D eigenvalue weighted by Gasteiger charge is 2.16. The van der Waals surface area contributed by atoms with Crippen LogP contribution < -0.4 is 10.2 Å². The number of hydrogen-bond acceptors (Lipinski definition) is 3. The summed E-state index contributed by atoms with van der Waals surface area (Å²) in [6, 6.07) is 4.05.